The van der Waals surface area contributed by atoms with Gasteiger partial charge < -0.3 is 10.1 Å². The number of nitrogens with zero attached hydrogens (tertiary/aromatic N) is 3. The van der Waals surface area contributed by atoms with Crippen LogP contribution in [0.1, 0.15) is 37.6 Å². The fraction of sp³-hybridized carbons (Fsp3) is 0.364. The molecule has 0 spiro atoms. The van der Waals surface area contributed by atoms with E-state index in [1.165, 1.54) is 12.2 Å². The van der Waals surface area contributed by atoms with Crippen molar-refractivity contribution in [2.24, 2.45) is 5.92 Å². The van der Waals surface area contributed by atoms with Crippen molar-refractivity contribution in [2.45, 2.75) is 39.8 Å². The Morgan fingerprint density at radius 3 is 2.65 bits per heavy atom. The van der Waals surface area contributed by atoms with E-state index in [0.717, 1.165) is 5.56 Å². The van der Waals surface area contributed by atoms with E-state index in [1.54, 1.807) is 24.6 Å². The van der Waals surface area contributed by atoms with Crippen molar-refractivity contribution >= 4 is 41.2 Å². The lowest BCUT2D eigenvalue weighted by Gasteiger charge is -2.27. The molecule has 7 nitrogen and oxygen atoms in total. The third-order valence-corrected chi connectivity index (χ3v) is 5.67. The van der Waals surface area contributed by atoms with Crippen LogP contribution in [0.5, 0.6) is 0 Å². The van der Waals surface area contributed by atoms with Crippen molar-refractivity contribution in [1.29, 1.82) is 5.26 Å². The summed E-state index contributed by atoms with van der Waals surface area (Å²) in [6, 6.07) is 9.44. The summed E-state index contributed by atoms with van der Waals surface area (Å²) >= 11 is 12.6. The largest absolute Gasteiger partial charge is 0.452 e. The molecule has 0 aliphatic carbocycles. The third-order valence-electron chi connectivity index (χ3n) is 4.90. The first-order valence-electron chi connectivity index (χ1n) is 9.60. The number of carbonyl (C=O) groups is 2. The van der Waals surface area contributed by atoms with Gasteiger partial charge >= 0.3 is 5.97 Å². The number of aryl methyl sites for hydroxylation is 1. The molecule has 2 aromatic rings. The van der Waals surface area contributed by atoms with Crippen molar-refractivity contribution in [3.8, 4) is 6.07 Å². The van der Waals surface area contributed by atoms with Crippen molar-refractivity contribution in [1.82, 2.24) is 15.1 Å². The number of nitriles is 1. The Hall–Kier alpha value is -2.82. The quantitative estimate of drug-likeness (QED) is 0.469. The molecule has 1 aromatic heterocycles. The van der Waals surface area contributed by atoms with Gasteiger partial charge in [-0.15, -0.1) is 0 Å². The Balaban J connectivity index is 2.00. The summed E-state index contributed by atoms with van der Waals surface area (Å²) < 4.78 is 6.55. The van der Waals surface area contributed by atoms with Gasteiger partial charge in [0.15, 0.2) is 6.61 Å². The van der Waals surface area contributed by atoms with Crippen LogP contribution in [-0.4, -0.2) is 33.8 Å². The molecule has 1 heterocycles. The fourth-order valence-electron chi connectivity index (χ4n) is 2.61. The van der Waals surface area contributed by atoms with Gasteiger partial charge in [0.05, 0.1) is 18.3 Å². The van der Waals surface area contributed by atoms with Gasteiger partial charge in [-0.1, -0.05) is 55.2 Å². The van der Waals surface area contributed by atoms with E-state index < -0.39 is 24.0 Å². The number of rotatable bonds is 8. The average Bonchev–Trinajstić information content (AvgIpc) is 2.99. The number of carbonyl (C=O) groups excluding carboxylic acids is 2. The summed E-state index contributed by atoms with van der Waals surface area (Å²) in [7, 11) is 0. The predicted octanol–water partition coefficient (Wildman–Crippen LogP) is 4.16. The fourth-order valence-corrected chi connectivity index (χ4v) is 3.11. The Morgan fingerprint density at radius 1 is 1.35 bits per heavy atom. The van der Waals surface area contributed by atoms with E-state index in [4.69, 9.17) is 27.9 Å². The second-order valence-electron chi connectivity index (χ2n) is 7.50. The molecule has 31 heavy (non-hydrogen) atoms. The highest BCUT2D eigenvalue weighted by molar-refractivity contribution is 6.32. The zero-order valence-electron chi connectivity index (χ0n) is 17.8. The van der Waals surface area contributed by atoms with Gasteiger partial charge in [0.25, 0.3) is 5.91 Å². The molecule has 0 bridgehead atoms. The molecule has 164 valence electrons. The predicted molar refractivity (Wildman–Crippen MR) is 120 cm³/mol. The highest BCUT2D eigenvalue weighted by Crippen LogP contribution is 2.24. The van der Waals surface area contributed by atoms with Crippen molar-refractivity contribution in [2.75, 3.05) is 6.61 Å². The third kappa shape index (κ3) is 6.33. The summed E-state index contributed by atoms with van der Waals surface area (Å²) in [5.41, 5.74) is 1.01. The van der Waals surface area contributed by atoms with Gasteiger partial charge in [0.1, 0.15) is 10.7 Å². The molecule has 1 unspecified atom stereocenters. The number of amides is 1. The van der Waals surface area contributed by atoms with Crippen molar-refractivity contribution < 1.29 is 14.3 Å². The number of esters is 1. The number of aromatic nitrogens is 2. The van der Waals surface area contributed by atoms with E-state index in [9.17, 15) is 14.9 Å². The summed E-state index contributed by atoms with van der Waals surface area (Å²) in [6.45, 7) is 6.90. The molecule has 0 aliphatic rings. The molecule has 1 amide bonds. The van der Waals surface area contributed by atoms with Crippen LogP contribution >= 0.6 is 23.2 Å². The van der Waals surface area contributed by atoms with E-state index >= 15 is 0 Å². The van der Waals surface area contributed by atoms with Crippen LogP contribution in [0, 0.1) is 24.2 Å². The Morgan fingerprint density at radius 2 is 2.03 bits per heavy atom. The minimum Gasteiger partial charge on any atom is -0.452 e. The molecule has 1 aromatic carbocycles. The summed E-state index contributed by atoms with van der Waals surface area (Å²) in [5.74, 6) is -1.38. The highest BCUT2D eigenvalue weighted by Gasteiger charge is 2.30. The molecular weight excluding hydrogens is 439 g/mol. The van der Waals surface area contributed by atoms with Crippen molar-refractivity contribution in [3.05, 3.63) is 57.3 Å². The Labute approximate surface area is 191 Å². The van der Waals surface area contributed by atoms with Crippen LogP contribution in [0.2, 0.25) is 10.2 Å². The molecule has 0 radical (unpaired) electrons. The number of hydrogen-bond acceptors (Lipinski definition) is 5. The zero-order chi connectivity index (χ0) is 23.2. The maximum absolute atomic E-state index is 12.0. The van der Waals surface area contributed by atoms with E-state index in [-0.39, 0.29) is 5.92 Å². The van der Waals surface area contributed by atoms with Crippen LogP contribution in [0.15, 0.2) is 30.3 Å². The minimum atomic E-state index is -1.04. The summed E-state index contributed by atoms with van der Waals surface area (Å²) in [6.07, 6.45) is 2.66. The number of hydrogen-bond donors (Lipinski definition) is 1. The van der Waals surface area contributed by atoms with Gasteiger partial charge in [-0.3, -0.25) is 4.79 Å². The number of benzene rings is 1. The SMILES string of the molecule is Cc1nn(Cc2ccccc2Cl)c(Cl)c1/C=C/C(=O)OCC(=O)NC(C)(C#N)C(C)C. The Bertz CT molecular complexity index is 1040. The normalized spacial score (nSPS) is 13.1. The maximum atomic E-state index is 12.0. The van der Waals surface area contributed by atoms with E-state index in [1.807, 2.05) is 32.0 Å². The van der Waals surface area contributed by atoms with Crippen LogP contribution in [0.25, 0.3) is 6.08 Å². The van der Waals surface area contributed by atoms with Crippen LogP contribution in [-0.2, 0) is 20.9 Å². The second-order valence-corrected chi connectivity index (χ2v) is 8.26. The lowest BCUT2D eigenvalue weighted by molar-refractivity contribution is -0.144. The highest BCUT2D eigenvalue weighted by atomic mass is 35.5. The lowest BCUT2D eigenvalue weighted by Crippen LogP contribution is -2.50. The molecule has 0 saturated carbocycles. The average molecular weight is 463 g/mol. The summed E-state index contributed by atoms with van der Waals surface area (Å²) in [4.78, 5) is 24.0. The van der Waals surface area contributed by atoms with E-state index in [0.29, 0.717) is 28.0 Å². The topological polar surface area (TPSA) is 97.0 Å². The van der Waals surface area contributed by atoms with Crippen LogP contribution < -0.4 is 5.32 Å². The van der Waals surface area contributed by atoms with Gasteiger partial charge in [0.2, 0.25) is 0 Å². The van der Waals surface area contributed by atoms with Gasteiger partial charge in [-0.25, -0.2) is 9.48 Å². The molecule has 0 aliphatic heterocycles. The van der Waals surface area contributed by atoms with Crippen LogP contribution in [0.3, 0.4) is 0 Å². The molecule has 1 N–H and O–H groups in total. The number of ether oxygens (including phenoxy) is 1. The molecule has 9 heteroatoms. The molecule has 2 rings (SSSR count). The maximum Gasteiger partial charge on any atom is 0.331 e. The number of halogens is 2. The minimum absolute atomic E-state index is 0.107. The molecule has 0 fully saturated rings. The monoisotopic (exact) mass is 462 g/mol. The van der Waals surface area contributed by atoms with Crippen LogP contribution in [0.4, 0.5) is 0 Å². The van der Waals surface area contributed by atoms with E-state index in [2.05, 4.69) is 16.5 Å². The Kier molecular flexibility index (Phi) is 8.26. The van der Waals surface area contributed by atoms with Gasteiger partial charge in [0, 0.05) is 16.7 Å². The lowest BCUT2D eigenvalue weighted by atomic mass is 9.90. The standard InChI is InChI=1S/C22H24Cl2N4O3/c1-14(2)22(4,13-25)26-19(29)12-31-20(30)10-9-17-15(3)27-28(21(17)24)11-16-7-5-6-8-18(16)23/h5-10,14H,11-12H2,1-4H3,(H,26,29)/b10-9+. The molecule has 1 atom stereocenters. The van der Waals surface area contributed by atoms with Crippen molar-refractivity contribution in [3.63, 3.8) is 0 Å². The number of nitrogens with one attached hydrogen (secondary N) is 1. The first kappa shape index (κ1) is 24.4. The van der Waals surface area contributed by atoms with Gasteiger partial charge in [-0.2, -0.15) is 10.4 Å². The molecule has 0 saturated heterocycles. The summed E-state index contributed by atoms with van der Waals surface area (Å²) in [5, 5.41) is 17.2. The smallest absolute Gasteiger partial charge is 0.331 e. The second kappa shape index (κ2) is 10.5. The van der Waals surface area contributed by atoms with Gasteiger partial charge in [-0.05, 0) is 37.5 Å². The molecular formula is C22H24Cl2N4O3. The first-order chi connectivity index (χ1) is 14.6. The zero-order valence-corrected chi connectivity index (χ0v) is 19.3. The first-order valence-corrected chi connectivity index (χ1v) is 10.4.